The normalized spacial score (nSPS) is 11.3. The van der Waals surface area contributed by atoms with E-state index in [0.29, 0.717) is 22.2 Å². The zero-order chi connectivity index (χ0) is 18.7. The monoisotopic (exact) mass is 410 g/mol. The van der Waals surface area contributed by atoms with Crippen LogP contribution < -0.4 is 4.74 Å². The number of fused-ring (bicyclic) bond motifs is 1. The Hall–Kier alpha value is -3.04. The molecule has 3 aromatic rings. The van der Waals surface area contributed by atoms with Crippen LogP contribution in [-0.2, 0) is 0 Å². The number of Topliss-reactive ketones (excluding diaryl/α,β-unsaturated/α-hetero) is 1. The molecule has 0 radical (unpaired) electrons. The number of nitrogens with one attached hydrogen (secondary N) is 1. The molecule has 1 aromatic heterocycles. The molecule has 2 N–H and O–H groups in total. The van der Waals surface area contributed by atoms with Crippen LogP contribution in [0.25, 0.3) is 17.0 Å². The van der Waals surface area contributed by atoms with Crippen molar-refractivity contribution in [1.29, 1.82) is 5.26 Å². The molecular weight excluding hydrogens is 396 g/mol. The second kappa shape index (κ2) is 7.46. The lowest BCUT2D eigenvalue weighted by molar-refractivity contribution is 0.104. The molecule has 0 unspecified atom stereocenters. The maximum atomic E-state index is 12.8. The average molecular weight is 411 g/mol. The molecule has 5 nitrogen and oxygen atoms in total. The number of hydrogen-bond donors (Lipinski definition) is 2. The molecule has 1 heterocycles. The van der Waals surface area contributed by atoms with Gasteiger partial charge in [-0.05, 0) is 52.7 Å². The molecule has 0 aliphatic heterocycles. The number of aromatic amines is 1. The Labute approximate surface area is 158 Å². The van der Waals surface area contributed by atoms with Gasteiger partial charge in [-0.25, -0.2) is 0 Å². The lowest BCUT2D eigenvalue weighted by Gasteiger charge is -2.09. The molecule has 0 atom stereocenters. The molecule has 0 fully saturated rings. The third-order valence-electron chi connectivity index (χ3n) is 3.86. The van der Waals surface area contributed by atoms with Crippen molar-refractivity contribution in [3.05, 3.63) is 63.8 Å². The lowest BCUT2D eigenvalue weighted by Crippen LogP contribution is -2.01. The highest BCUT2D eigenvalue weighted by Crippen LogP contribution is 2.36. The van der Waals surface area contributed by atoms with Crippen LogP contribution in [0.2, 0.25) is 0 Å². The first-order chi connectivity index (χ1) is 12.5. The number of aromatic nitrogens is 1. The van der Waals surface area contributed by atoms with E-state index in [1.54, 1.807) is 25.3 Å². The van der Waals surface area contributed by atoms with E-state index in [-0.39, 0.29) is 22.9 Å². The Morgan fingerprint density at radius 2 is 2.15 bits per heavy atom. The summed E-state index contributed by atoms with van der Waals surface area (Å²) in [4.78, 5) is 15.9. The Morgan fingerprint density at radius 1 is 1.38 bits per heavy atom. The van der Waals surface area contributed by atoms with E-state index < -0.39 is 0 Å². The van der Waals surface area contributed by atoms with Gasteiger partial charge < -0.3 is 14.8 Å². The number of benzene rings is 2. The summed E-state index contributed by atoms with van der Waals surface area (Å²) in [5.74, 6) is -0.109. The molecule has 0 bridgehead atoms. The molecule has 0 saturated carbocycles. The van der Waals surface area contributed by atoms with Crippen LogP contribution in [0.15, 0.2) is 52.6 Å². The minimum atomic E-state index is -0.368. The lowest BCUT2D eigenvalue weighted by atomic mass is 10.0. The maximum Gasteiger partial charge on any atom is 0.205 e. The summed E-state index contributed by atoms with van der Waals surface area (Å²) >= 11 is 3.25. The smallest absolute Gasteiger partial charge is 0.205 e. The number of carbonyl (C=O) groups is 1. The quantitative estimate of drug-likeness (QED) is 0.358. The van der Waals surface area contributed by atoms with Crippen LogP contribution in [0.3, 0.4) is 0 Å². The zero-order valence-corrected chi connectivity index (χ0v) is 15.5. The van der Waals surface area contributed by atoms with Crippen LogP contribution in [0, 0.1) is 11.3 Å². The van der Waals surface area contributed by atoms with Crippen molar-refractivity contribution in [2.45, 2.75) is 6.92 Å². The summed E-state index contributed by atoms with van der Waals surface area (Å²) in [6.45, 7) is 2.18. The van der Waals surface area contributed by atoms with E-state index in [1.807, 2.05) is 30.3 Å². The van der Waals surface area contributed by atoms with Gasteiger partial charge in [-0.2, -0.15) is 5.26 Å². The maximum absolute atomic E-state index is 12.8. The predicted octanol–water partition coefficient (Wildman–Crippen LogP) is 4.82. The zero-order valence-electron chi connectivity index (χ0n) is 13.9. The first kappa shape index (κ1) is 17.8. The number of carbonyl (C=O) groups excluding carboxylic acids is 1. The SMILES string of the molecule is CCOc1cc(/C=C(/C#N)C(=O)c2c[nH]c3ccccc23)cc(Br)c1O. The third kappa shape index (κ3) is 3.35. The number of phenolic OH excluding ortho intramolecular Hbond substituents is 1. The van der Waals surface area contributed by atoms with E-state index in [2.05, 4.69) is 20.9 Å². The minimum absolute atomic E-state index is 0.00482. The van der Waals surface area contributed by atoms with Gasteiger partial charge in [0.2, 0.25) is 5.78 Å². The molecule has 130 valence electrons. The van der Waals surface area contributed by atoms with Gasteiger partial charge in [0, 0.05) is 22.7 Å². The summed E-state index contributed by atoms with van der Waals surface area (Å²) in [7, 11) is 0. The van der Waals surface area contributed by atoms with Crippen LogP contribution in [0.4, 0.5) is 0 Å². The molecule has 0 amide bonds. The predicted molar refractivity (Wildman–Crippen MR) is 103 cm³/mol. The van der Waals surface area contributed by atoms with Crippen molar-refractivity contribution in [3.8, 4) is 17.6 Å². The van der Waals surface area contributed by atoms with Crippen molar-refractivity contribution in [2.24, 2.45) is 0 Å². The largest absolute Gasteiger partial charge is 0.503 e. The van der Waals surface area contributed by atoms with Crippen molar-refractivity contribution < 1.29 is 14.6 Å². The molecule has 26 heavy (non-hydrogen) atoms. The Kier molecular flexibility index (Phi) is 5.10. The van der Waals surface area contributed by atoms with Gasteiger partial charge in [0.25, 0.3) is 0 Å². The second-order valence-corrected chi connectivity index (χ2v) is 6.38. The number of H-pyrrole nitrogens is 1. The van der Waals surface area contributed by atoms with Gasteiger partial charge in [0.1, 0.15) is 11.6 Å². The van der Waals surface area contributed by atoms with Crippen LogP contribution >= 0.6 is 15.9 Å². The van der Waals surface area contributed by atoms with Crippen molar-refractivity contribution in [3.63, 3.8) is 0 Å². The van der Waals surface area contributed by atoms with E-state index in [9.17, 15) is 15.2 Å². The standard InChI is InChI=1S/C20H15BrN2O3/c1-2-26-18-9-12(8-16(21)20(18)25)7-13(10-22)19(24)15-11-23-17-6-4-3-5-14(15)17/h3-9,11,23,25H,2H2,1H3/b13-7-. The summed E-state index contributed by atoms with van der Waals surface area (Å²) in [5.41, 5.74) is 1.84. The van der Waals surface area contributed by atoms with Crippen LogP contribution in [0.1, 0.15) is 22.8 Å². The van der Waals surface area contributed by atoms with E-state index in [1.165, 1.54) is 6.08 Å². The second-order valence-electron chi connectivity index (χ2n) is 5.53. The molecule has 6 heteroatoms. The number of nitriles is 1. The Balaban J connectivity index is 2.04. The Morgan fingerprint density at radius 3 is 2.88 bits per heavy atom. The number of ketones is 1. The van der Waals surface area contributed by atoms with Gasteiger partial charge in [-0.1, -0.05) is 18.2 Å². The fourth-order valence-corrected chi connectivity index (χ4v) is 3.12. The molecular formula is C20H15BrN2O3. The van der Waals surface area contributed by atoms with Crippen LogP contribution in [-0.4, -0.2) is 22.5 Å². The number of aromatic hydroxyl groups is 1. The number of nitrogens with zero attached hydrogens (tertiary/aromatic N) is 1. The van der Waals surface area contributed by atoms with Crippen molar-refractivity contribution >= 4 is 38.7 Å². The van der Waals surface area contributed by atoms with Gasteiger partial charge in [-0.15, -0.1) is 0 Å². The van der Waals surface area contributed by atoms with Crippen LogP contribution in [0.5, 0.6) is 11.5 Å². The average Bonchev–Trinajstić information content (AvgIpc) is 3.07. The molecule has 3 rings (SSSR count). The number of halogens is 1. The van der Waals surface area contributed by atoms with Gasteiger partial charge in [0.15, 0.2) is 11.5 Å². The highest BCUT2D eigenvalue weighted by atomic mass is 79.9. The summed E-state index contributed by atoms with van der Waals surface area (Å²) < 4.78 is 5.80. The fraction of sp³-hybridized carbons (Fsp3) is 0.100. The van der Waals surface area contributed by atoms with Gasteiger partial charge in [-0.3, -0.25) is 4.79 Å². The van der Waals surface area contributed by atoms with E-state index in [4.69, 9.17) is 4.74 Å². The number of rotatable bonds is 5. The first-order valence-electron chi connectivity index (χ1n) is 7.93. The summed E-state index contributed by atoms with van der Waals surface area (Å²) in [5, 5.41) is 20.2. The molecule has 0 aliphatic carbocycles. The molecule has 0 aliphatic rings. The van der Waals surface area contributed by atoms with Crippen molar-refractivity contribution in [1.82, 2.24) is 4.98 Å². The number of para-hydroxylation sites is 1. The number of ether oxygens (including phenoxy) is 1. The molecule has 0 spiro atoms. The van der Waals surface area contributed by atoms with Crippen molar-refractivity contribution in [2.75, 3.05) is 6.61 Å². The van der Waals surface area contributed by atoms with Gasteiger partial charge in [0.05, 0.1) is 11.1 Å². The molecule has 2 aromatic carbocycles. The highest BCUT2D eigenvalue weighted by Gasteiger charge is 2.17. The highest BCUT2D eigenvalue weighted by molar-refractivity contribution is 9.10. The topological polar surface area (TPSA) is 86.1 Å². The summed E-state index contributed by atoms with van der Waals surface area (Å²) in [6.07, 6.45) is 3.09. The number of hydrogen-bond acceptors (Lipinski definition) is 4. The summed E-state index contributed by atoms with van der Waals surface area (Å²) in [6, 6.07) is 12.6. The fourth-order valence-electron chi connectivity index (χ4n) is 2.66. The minimum Gasteiger partial charge on any atom is -0.503 e. The number of allylic oxidation sites excluding steroid dienone is 1. The Bertz CT molecular complexity index is 1060. The third-order valence-corrected chi connectivity index (χ3v) is 4.47. The number of phenols is 1. The van der Waals surface area contributed by atoms with E-state index >= 15 is 0 Å². The van der Waals surface area contributed by atoms with E-state index in [0.717, 1.165) is 10.9 Å². The first-order valence-corrected chi connectivity index (χ1v) is 8.72. The molecule has 0 saturated heterocycles. The van der Waals surface area contributed by atoms with Gasteiger partial charge >= 0.3 is 0 Å².